The van der Waals surface area contributed by atoms with Crippen molar-refractivity contribution in [2.24, 2.45) is 4.40 Å². The SMILES string of the molecule is N#CSN=C=S. The van der Waals surface area contributed by atoms with Crippen molar-refractivity contribution in [3.63, 3.8) is 0 Å². The van der Waals surface area contributed by atoms with Gasteiger partial charge in [0.1, 0.15) is 11.9 Å². The van der Waals surface area contributed by atoms with Gasteiger partial charge in [-0.15, -0.1) is 4.40 Å². The Morgan fingerprint density at radius 2 is 2.50 bits per heavy atom. The van der Waals surface area contributed by atoms with Gasteiger partial charge < -0.3 is 0 Å². The molecular weight excluding hydrogens is 116 g/mol. The second kappa shape index (κ2) is 4.64. The van der Waals surface area contributed by atoms with E-state index in [1.807, 2.05) is 5.16 Å². The highest BCUT2D eigenvalue weighted by molar-refractivity contribution is 8.02. The third kappa shape index (κ3) is 3.64. The topological polar surface area (TPSA) is 36.1 Å². The molecule has 0 saturated heterocycles. The lowest BCUT2D eigenvalue weighted by molar-refractivity contribution is 1.57. The van der Waals surface area contributed by atoms with E-state index in [4.69, 9.17) is 5.26 Å². The number of nitriles is 1. The Balaban J connectivity index is 3.16. The van der Waals surface area contributed by atoms with E-state index >= 15 is 0 Å². The molecule has 2 nitrogen and oxygen atoms in total. The molecule has 0 fully saturated rings. The molecule has 0 aliphatic heterocycles. The van der Waals surface area contributed by atoms with Crippen LogP contribution in [0.5, 0.6) is 0 Å². The fourth-order valence-electron chi connectivity index (χ4n) is 0.0390. The largest absolute Gasteiger partial charge is 0.183 e. The van der Waals surface area contributed by atoms with Crippen molar-refractivity contribution in [2.75, 3.05) is 0 Å². The zero-order valence-corrected chi connectivity index (χ0v) is 4.34. The maximum absolute atomic E-state index is 7.73. The van der Waals surface area contributed by atoms with Crippen LogP contribution in [0.2, 0.25) is 0 Å². The average Bonchev–Trinajstić information content (AvgIpc) is 1.61. The first kappa shape index (κ1) is 5.64. The van der Waals surface area contributed by atoms with Crippen molar-refractivity contribution in [1.29, 1.82) is 5.26 Å². The van der Waals surface area contributed by atoms with Crippen LogP contribution < -0.4 is 0 Å². The van der Waals surface area contributed by atoms with Crippen LogP contribution in [0.3, 0.4) is 0 Å². The molecule has 0 rings (SSSR count). The minimum absolute atomic E-state index is 0.723. The monoisotopic (exact) mass is 116 g/mol. The molecule has 0 radical (unpaired) electrons. The Kier molecular flexibility index (Phi) is 4.36. The second-order valence-corrected chi connectivity index (χ2v) is 1.10. The molecule has 0 bridgehead atoms. The van der Waals surface area contributed by atoms with Crippen LogP contribution in [0.25, 0.3) is 0 Å². The van der Waals surface area contributed by atoms with Gasteiger partial charge >= 0.3 is 0 Å². The molecule has 0 heterocycles. The van der Waals surface area contributed by atoms with E-state index < -0.39 is 0 Å². The molecule has 6 heavy (non-hydrogen) atoms. The molecule has 30 valence electrons. The van der Waals surface area contributed by atoms with E-state index in [9.17, 15) is 0 Å². The van der Waals surface area contributed by atoms with Gasteiger partial charge in [-0.2, -0.15) is 5.26 Å². The minimum Gasteiger partial charge on any atom is -0.183 e. The zero-order chi connectivity index (χ0) is 4.83. The standard InChI is InChI=1S/C2N2S2/c3-1-6-4-2-5. The average molecular weight is 116 g/mol. The molecule has 4 heteroatoms. The molecule has 0 aromatic carbocycles. The lowest BCUT2D eigenvalue weighted by Crippen LogP contribution is -1.35. The normalized spacial score (nSPS) is 5.17. The number of isothiocyanates is 1. The molecule has 0 aliphatic carbocycles. The van der Waals surface area contributed by atoms with Crippen LogP contribution >= 0.6 is 24.2 Å². The van der Waals surface area contributed by atoms with Crippen molar-refractivity contribution >= 4 is 29.3 Å². The third-order valence-electron chi connectivity index (χ3n) is 0.124. The number of hydrogen-bond acceptors (Lipinski definition) is 4. The second-order valence-electron chi connectivity index (χ2n) is 0.365. The molecule has 0 saturated carbocycles. The summed E-state index contributed by atoms with van der Waals surface area (Å²) < 4.78 is 3.21. The Bertz CT molecular complexity index is 107. The van der Waals surface area contributed by atoms with Crippen LogP contribution in [0.1, 0.15) is 0 Å². The number of thiocyanates is 1. The van der Waals surface area contributed by atoms with E-state index in [0.29, 0.717) is 0 Å². The van der Waals surface area contributed by atoms with Gasteiger partial charge in [0.2, 0.25) is 0 Å². The van der Waals surface area contributed by atoms with E-state index in [1.54, 1.807) is 5.40 Å². The van der Waals surface area contributed by atoms with Gasteiger partial charge in [-0.25, -0.2) is 0 Å². The Morgan fingerprint density at radius 3 is 2.67 bits per heavy atom. The van der Waals surface area contributed by atoms with Gasteiger partial charge in [-0.05, 0) is 12.2 Å². The first-order valence-corrected chi connectivity index (χ1v) is 2.22. The van der Waals surface area contributed by atoms with Crippen LogP contribution in [-0.2, 0) is 0 Å². The lowest BCUT2D eigenvalue weighted by atomic mass is 11.8. The summed E-state index contributed by atoms with van der Waals surface area (Å²) in [5, 5.41) is 11.4. The van der Waals surface area contributed by atoms with Crippen LogP contribution in [0, 0.1) is 10.7 Å². The number of nitrogens with zero attached hydrogens (tertiary/aromatic N) is 2. The fourth-order valence-corrected chi connectivity index (χ4v) is 0.229. The maximum atomic E-state index is 7.73. The summed E-state index contributed by atoms with van der Waals surface area (Å²) in [6.07, 6.45) is 0. The predicted molar refractivity (Wildman–Crippen MR) is 28.2 cm³/mol. The van der Waals surface area contributed by atoms with Crippen molar-refractivity contribution in [2.45, 2.75) is 0 Å². The Labute approximate surface area is 45.0 Å². The summed E-state index contributed by atoms with van der Waals surface area (Å²) in [4.78, 5) is 0. The van der Waals surface area contributed by atoms with Gasteiger partial charge in [0.15, 0.2) is 5.40 Å². The lowest BCUT2D eigenvalue weighted by Gasteiger charge is -1.55. The summed E-state index contributed by atoms with van der Waals surface area (Å²) in [5.74, 6) is 0. The predicted octanol–water partition coefficient (Wildman–Crippen LogP) is 1.22. The van der Waals surface area contributed by atoms with Crippen molar-refractivity contribution in [3.8, 4) is 5.40 Å². The minimum atomic E-state index is 0.723. The van der Waals surface area contributed by atoms with Crippen molar-refractivity contribution in [1.82, 2.24) is 0 Å². The number of hydrogen-bond donors (Lipinski definition) is 0. The van der Waals surface area contributed by atoms with Gasteiger partial charge in [0.25, 0.3) is 0 Å². The molecule has 0 aromatic rings. The first-order valence-electron chi connectivity index (χ1n) is 1.04. The van der Waals surface area contributed by atoms with E-state index in [0.717, 1.165) is 11.9 Å². The van der Waals surface area contributed by atoms with E-state index in [1.165, 1.54) is 0 Å². The van der Waals surface area contributed by atoms with Crippen LogP contribution in [-0.4, -0.2) is 5.16 Å². The molecule has 0 N–H and O–H groups in total. The summed E-state index contributed by atoms with van der Waals surface area (Å²) in [6.45, 7) is 0. The zero-order valence-electron chi connectivity index (χ0n) is 2.71. The molecular formula is C2N2S2. The van der Waals surface area contributed by atoms with Crippen LogP contribution in [0.4, 0.5) is 0 Å². The molecule has 0 unspecified atom stereocenters. The van der Waals surface area contributed by atoms with Crippen molar-refractivity contribution in [3.05, 3.63) is 0 Å². The smallest absolute Gasteiger partial charge is 0.158 e. The molecule has 0 aliphatic rings. The highest BCUT2D eigenvalue weighted by atomic mass is 32.2. The van der Waals surface area contributed by atoms with Gasteiger partial charge in [0, 0.05) is 0 Å². The number of thiocarbonyl (C=S) groups is 1. The molecule has 0 aromatic heterocycles. The Hall–Kier alpha value is -0.360. The first-order chi connectivity index (χ1) is 2.91. The van der Waals surface area contributed by atoms with Gasteiger partial charge in [-0.1, -0.05) is 0 Å². The summed E-state index contributed by atoms with van der Waals surface area (Å²) in [6, 6.07) is 0. The number of rotatable bonds is 1. The summed E-state index contributed by atoms with van der Waals surface area (Å²) in [7, 11) is 0. The van der Waals surface area contributed by atoms with Crippen molar-refractivity contribution < 1.29 is 0 Å². The Morgan fingerprint density at radius 1 is 1.83 bits per heavy atom. The molecule has 0 spiro atoms. The quantitative estimate of drug-likeness (QED) is 0.224. The fraction of sp³-hybridized carbons (Fsp3) is 0. The molecule has 0 amide bonds. The summed E-state index contributed by atoms with van der Waals surface area (Å²) >= 11 is 4.85. The highest BCUT2D eigenvalue weighted by Gasteiger charge is 1.62. The maximum Gasteiger partial charge on any atom is 0.158 e. The van der Waals surface area contributed by atoms with E-state index in [2.05, 4.69) is 16.6 Å². The highest BCUT2D eigenvalue weighted by Crippen LogP contribution is 1.91. The third-order valence-corrected chi connectivity index (χ3v) is 0.595. The summed E-state index contributed by atoms with van der Waals surface area (Å²) in [5.41, 5.74) is 0. The van der Waals surface area contributed by atoms with Crippen LogP contribution in [0.15, 0.2) is 4.40 Å². The molecule has 0 atom stereocenters. The van der Waals surface area contributed by atoms with E-state index in [-0.39, 0.29) is 0 Å². The van der Waals surface area contributed by atoms with Gasteiger partial charge in [0.05, 0.1) is 5.16 Å². The van der Waals surface area contributed by atoms with Gasteiger partial charge in [-0.3, -0.25) is 0 Å².